The van der Waals surface area contributed by atoms with Crippen molar-refractivity contribution in [2.45, 2.75) is 0 Å². The molecule has 0 heterocycles. The lowest BCUT2D eigenvalue weighted by molar-refractivity contribution is 0.425. The van der Waals surface area contributed by atoms with Gasteiger partial charge in [0.15, 0.2) is 0 Å². The van der Waals surface area contributed by atoms with E-state index in [9.17, 15) is 10.5 Å². The maximum Gasteiger partial charge on any atom is 0.0998 e. The minimum Gasteiger partial charge on any atom is -0.383 e. The monoisotopic (exact) mass is 264 g/mol. The standard InChI is InChI=1S/C16H16N4/c1-20(2)9-8-19-15-7-6-13(11-18)16-12(10-17)4-3-5-14(15)16/h3-7,19H,8-9H2,1-2H3. The van der Waals surface area contributed by atoms with Crippen LogP contribution in [0.2, 0.25) is 0 Å². The maximum atomic E-state index is 9.21. The molecule has 0 radical (unpaired) electrons. The summed E-state index contributed by atoms with van der Waals surface area (Å²) in [4.78, 5) is 2.10. The van der Waals surface area contributed by atoms with Gasteiger partial charge in [-0.15, -0.1) is 0 Å². The van der Waals surface area contributed by atoms with E-state index in [0.717, 1.165) is 29.5 Å². The van der Waals surface area contributed by atoms with E-state index in [1.165, 1.54) is 0 Å². The van der Waals surface area contributed by atoms with E-state index >= 15 is 0 Å². The summed E-state index contributed by atoms with van der Waals surface area (Å²) in [6.07, 6.45) is 0. The Labute approximate surface area is 118 Å². The van der Waals surface area contributed by atoms with Gasteiger partial charge in [-0.3, -0.25) is 0 Å². The molecule has 2 aromatic carbocycles. The van der Waals surface area contributed by atoms with Crippen LogP contribution in [0.3, 0.4) is 0 Å². The van der Waals surface area contributed by atoms with Crippen molar-refractivity contribution in [1.29, 1.82) is 10.5 Å². The zero-order chi connectivity index (χ0) is 14.5. The zero-order valence-electron chi connectivity index (χ0n) is 11.6. The lowest BCUT2D eigenvalue weighted by Crippen LogP contribution is -2.20. The number of rotatable bonds is 4. The van der Waals surface area contributed by atoms with Crippen LogP contribution in [-0.4, -0.2) is 32.1 Å². The summed E-state index contributed by atoms with van der Waals surface area (Å²) >= 11 is 0. The second-order valence-corrected chi connectivity index (χ2v) is 4.84. The molecule has 0 aromatic heterocycles. The van der Waals surface area contributed by atoms with Gasteiger partial charge in [0, 0.05) is 29.5 Å². The third-order valence-corrected chi connectivity index (χ3v) is 3.16. The molecule has 0 fully saturated rings. The molecule has 20 heavy (non-hydrogen) atoms. The normalized spacial score (nSPS) is 10.2. The third-order valence-electron chi connectivity index (χ3n) is 3.16. The van der Waals surface area contributed by atoms with Crippen molar-refractivity contribution >= 4 is 16.5 Å². The molecule has 0 aliphatic carbocycles. The number of nitriles is 2. The van der Waals surface area contributed by atoms with Crippen molar-refractivity contribution in [2.24, 2.45) is 0 Å². The van der Waals surface area contributed by atoms with Gasteiger partial charge in [-0.05, 0) is 32.3 Å². The highest BCUT2D eigenvalue weighted by molar-refractivity contribution is 6.00. The first kappa shape index (κ1) is 13.9. The molecule has 4 nitrogen and oxygen atoms in total. The molecule has 0 amide bonds. The van der Waals surface area contributed by atoms with Crippen LogP contribution < -0.4 is 5.32 Å². The van der Waals surface area contributed by atoms with Crippen LogP contribution in [0.5, 0.6) is 0 Å². The van der Waals surface area contributed by atoms with Gasteiger partial charge in [-0.25, -0.2) is 0 Å². The highest BCUT2D eigenvalue weighted by Crippen LogP contribution is 2.29. The predicted molar refractivity (Wildman–Crippen MR) is 80.4 cm³/mol. The molecule has 0 saturated heterocycles. The lowest BCUT2D eigenvalue weighted by atomic mass is 9.99. The van der Waals surface area contributed by atoms with Crippen LogP contribution >= 0.6 is 0 Å². The second kappa shape index (κ2) is 6.06. The third kappa shape index (κ3) is 2.71. The van der Waals surface area contributed by atoms with Crippen LogP contribution in [0.15, 0.2) is 30.3 Å². The van der Waals surface area contributed by atoms with Gasteiger partial charge >= 0.3 is 0 Å². The molecular weight excluding hydrogens is 248 g/mol. The van der Waals surface area contributed by atoms with Crippen molar-refractivity contribution in [3.8, 4) is 12.1 Å². The van der Waals surface area contributed by atoms with Crippen LogP contribution in [0.1, 0.15) is 11.1 Å². The summed E-state index contributed by atoms with van der Waals surface area (Å²) in [6.45, 7) is 1.73. The van der Waals surface area contributed by atoms with Gasteiger partial charge in [-0.1, -0.05) is 12.1 Å². The van der Waals surface area contributed by atoms with Gasteiger partial charge in [0.1, 0.15) is 0 Å². The van der Waals surface area contributed by atoms with Crippen LogP contribution in [0.4, 0.5) is 5.69 Å². The minimum absolute atomic E-state index is 0.537. The molecule has 1 N–H and O–H groups in total. The first-order chi connectivity index (χ1) is 9.67. The zero-order valence-corrected chi connectivity index (χ0v) is 11.6. The highest BCUT2D eigenvalue weighted by atomic mass is 15.1. The molecule has 2 aromatic rings. The average Bonchev–Trinajstić information content (AvgIpc) is 2.46. The number of hydrogen-bond donors (Lipinski definition) is 1. The van der Waals surface area contributed by atoms with E-state index in [0.29, 0.717) is 11.1 Å². The van der Waals surface area contributed by atoms with Gasteiger partial charge in [0.25, 0.3) is 0 Å². The van der Waals surface area contributed by atoms with Crippen molar-refractivity contribution < 1.29 is 0 Å². The summed E-state index contributed by atoms with van der Waals surface area (Å²) in [5, 5.41) is 23.4. The fraction of sp³-hybridized carbons (Fsp3) is 0.250. The van der Waals surface area contributed by atoms with E-state index in [4.69, 9.17) is 0 Å². The Morgan fingerprint density at radius 3 is 2.40 bits per heavy atom. The minimum atomic E-state index is 0.537. The predicted octanol–water partition coefficient (Wildman–Crippen LogP) is 2.56. The molecule has 0 bridgehead atoms. The van der Waals surface area contributed by atoms with Crippen molar-refractivity contribution in [1.82, 2.24) is 4.90 Å². The van der Waals surface area contributed by atoms with E-state index < -0.39 is 0 Å². The Kier molecular flexibility index (Phi) is 4.20. The van der Waals surface area contributed by atoms with Gasteiger partial charge in [0.05, 0.1) is 23.3 Å². The molecule has 0 saturated carbocycles. The molecule has 0 spiro atoms. The molecule has 2 rings (SSSR count). The number of anilines is 1. The van der Waals surface area contributed by atoms with Crippen molar-refractivity contribution in [3.63, 3.8) is 0 Å². The molecule has 100 valence electrons. The summed E-state index contributed by atoms with van der Waals surface area (Å²) in [7, 11) is 4.04. The molecule has 0 unspecified atom stereocenters. The topological polar surface area (TPSA) is 62.9 Å². The molecule has 4 heteroatoms. The number of likely N-dealkylation sites (N-methyl/N-ethyl adjacent to an activating group) is 1. The molecule has 0 atom stereocenters. The average molecular weight is 264 g/mol. The Morgan fingerprint density at radius 2 is 1.75 bits per heavy atom. The summed E-state index contributed by atoms with van der Waals surface area (Å²) in [5.41, 5.74) is 2.03. The van der Waals surface area contributed by atoms with Gasteiger partial charge < -0.3 is 10.2 Å². The van der Waals surface area contributed by atoms with Crippen LogP contribution in [-0.2, 0) is 0 Å². The fourth-order valence-electron chi connectivity index (χ4n) is 2.16. The quantitative estimate of drug-likeness (QED) is 0.921. The van der Waals surface area contributed by atoms with E-state index in [1.807, 2.05) is 32.3 Å². The van der Waals surface area contributed by atoms with E-state index in [2.05, 4.69) is 22.4 Å². The first-order valence-corrected chi connectivity index (χ1v) is 6.42. The number of hydrogen-bond acceptors (Lipinski definition) is 4. The number of benzene rings is 2. The fourth-order valence-corrected chi connectivity index (χ4v) is 2.16. The highest BCUT2D eigenvalue weighted by Gasteiger charge is 2.09. The summed E-state index contributed by atoms with van der Waals surface area (Å²) < 4.78 is 0. The van der Waals surface area contributed by atoms with E-state index in [1.54, 1.807) is 12.1 Å². The molecular formula is C16H16N4. The van der Waals surface area contributed by atoms with Gasteiger partial charge in [-0.2, -0.15) is 10.5 Å². The Balaban J connectivity index is 2.48. The smallest absolute Gasteiger partial charge is 0.0998 e. The number of nitrogens with one attached hydrogen (secondary N) is 1. The lowest BCUT2D eigenvalue weighted by Gasteiger charge is -2.14. The Hall–Kier alpha value is -2.56. The van der Waals surface area contributed by atoms with Crippen LogP contribution in [0.25, 0.3) is 10.8 Å². The molecule has 0 aliphatic rings. The first-order valence-electron chi connectivity index (χ1n) is 6.42. The van der Waals surface area contributed by atoms with E-state index in [-0.39, 0.29) is 0 Å². The summed E-state index contributed by atoms with van der Waals surface area (Å²) in [5.74, 6) is 0. The maximum absolute atomic E-state index is 9.21. The number of nitrogens with zero attached hydrogens (tertiary/aromatic N) is 3. The van der Waals surface area contributed by atoms with Crippen LogP contribution in [0, 0.1) is 22.7 Å². The van der Waals surface area contributed by atoms with Gasteiger partial charge in [0.2, 0.25) is 0 Å². The largest absolute Gasteiger partial charge is 0.383 e. The Bertz CT molecular complexity index is 684. The van der Waals surface area contributed by atoms with Crippen molar-refractivity contribution in [3.05, 3.63) is 41.5 Å². The van der Waals surface area contributed by atoms with Crippen molar-refractivity contribution in [2.75, 3.05) is 32.5 Å². The molecule has 0 aliphatic heterocycles. The SMILES string of the molecule is CN(C)CCNc1ccc(C#N)c2c(C#N)cccc12. The Morgan fingerprint density at radius 1 is 1.05 bits per heavy atom. The summed E-state index contributed by atoms with van der Waals surface area (Å²) in [6, 6.07) is 13.5. The second-order valence-electron chi connectivity index (χ2n) is 4.84. The number of fused-ring (bicyclic) bond motifs is 1.